The maximum Gasteiger partial charge on any atom is 0.119 e. The molecule has 5 rings (SSSR count). The molecule has 0 bridgehead atoms. The summed E-state index contributed by atoms with van der Waals surface area (Å²) in [6, 6.07) is 40.4. The summed E-state index contributed by atoms with van der Waals surface area (Å²) in [5.74, 6) is 1.63. The van der Waals surface area contributed by atoms with E-state index in [2.05, 4.69) is 35.3 Å². The van der Waals surface area contributed by atoms with Crippen molar-refractivity contribution in [2.75, 3.05) is 26.4 Å². The van der Waals surface area contributed by atoms with E-state index in [1.807, 2.05) is 97.2 Å². The van der Waals surface area contributed by atoms with E-state index >= 15 is 0 Å². The second kappa shape index (κ2) is 14.6. The van der Waals surface area contributed by atoms with Gasteiger partial charge >= 0.3 is 0 Å². The Morgan fingerprint density at radius 1 is 0.425 bits per heavy atom. The number of hydrogen-bond acceptors (Lipinski definition) is 5. The fourth-order valence-electron chi connectivity index (χ4n) is 4.17. The summed E-state index contributed by atoms with van der Waals surface area (Å²) in [4.78, 5) is 4.68. The highest BCUT2D eigenvalue weighted by Gasteiger charge is 2.04. The van der Waals surface area contributed by atoms with Crippen LogP contribution in [0.4, 0.5) is 0 Å². The van der Waals surface area contributed by atoms with Crippen molar-refractivity contribution in [1.82, 2.24) is 4.98 Å². The summed E-state index contributed by atoms with van der Waals surface area (Å²) in [6.45, 7) is 3.27. The molecule has 0 aliphatic carbocycles. The van der Waals surface area contributed by atoms with Gasteiger partial charge in [0.15, 0.2) is 0 Å². The molecule has 5 heteroatoms. The Hall–Kier alpha value is -4.45. The molecule has 40 heavy (non-hydrogen) atoms. The van der Waals surface area contributed by atoms with E-state index in [9.17, 15) is 0 Å². The van der Waals surface area contributed by atoms with Crippen LogP contribution in [-0.2, 0) is 22.7 Å². The maximum absolute atomic E-state index is 5.82. The van der Waals surface area contributed by atoms with Gasteiger partial charge in [-0.25, -0.2) is 0 Å². The van der Waals surface area contributed by atoms with Crippen LogP contribution < -0.4 is 9.47 Å². The molecule has 0 radical (unpaired) electrons. The monoisotopic (exact) mass is 531 g/mol. The number of pyridine rings is 1. The van der Waals surface area contributed by atoms with Crippen molar-refractivity contribution in [2.45, 2.75) is 13.2 Å². The Morgan fingerprint density at radius 2 is 0.900 bits per heavy atom. The maximum atomic E-state index is 5.82. The van der Waals surface area contributed by atoms with Crippen molar-refractivity contribution in [2.24, 2.45) is 0 Å². The van der Waals surface area contributed by atoms with Crippen molar-refractivity contribution in [3.8, 4) is 33.9 Å². The first-order chi connectivity index (χ1) is 19.8. The third kappa shape index (κ3) is 8.27. The van der Waals surface area contributed by atoms with Gasteiger partial charge in [-0.1, -0.05) is 78.9 Å². The average molecular weight is 532 g/mol. The summed E-state index contributed by atoms with van der Waals surface area (Å²) >= 11 is 0. The zero-order valence-electron chi connectivity index (χ0n) is 22.4. The van der Waals surface area contributed by atoms with E-state index in [1.165, 1.54) is 0 Å². The lowest BCUT2D eigenvalue weighted by atomic mass is 10.1. The molecule has 0 amide bonds. The molecule has 0 N–H and O–H groups in total. The standard InChI is InChI=1S/C35H33NO4/c1-3-7-28(8-4-1)26-37-21-23-39-33-16-11-30(12-17-33)32-15-20-35(36-25-32)31-13-18-34(19-14-31)40-24-22-38-27-29-9-5-2-6-10-29/h1-20,25H,21-24,26-27H2. The molecule has 1 aromatic heterocycles. The normalized spacial score (nSPS) is 10.8. The van der Waals surface area contributed by atoms with E-state index in [-0.39, 0.29) is 0 Å². The fraction of sp³-hybridized carbons (Fsp3) is 0.171. The van der Waals surface area contributed by atoms with E-state index in [0.717, 1.165) is 45.0 Å². The van der Waals surface area contributed by atoms with Crippen LogP contribution >= 0.6 is 0 Å². The zero-order chi connectivity index (χ0) is 27.2. The Balaban J connectivity index is 1.04. The molecule has 0 unspecified atom stereocenters. The number of benzene rings is 4. The molecule has 4 aromatic carbocycles. The first kappa shape index (κ1) is 27.1. The molecular weight excluding hydrogens is 498 g/mol. The van der Waals surface area contributed by atoms with Crippen LogP contribution in [0, 0.1) is 0 Å². The summed E-state index contributed by atoms with van der Waals surface area (Å²) in [6.07, 6.45) is 1.90. The van der Waals surface area contributed by atoms with Crippen LogP contribution in [0.25, 0.3) is 22.4 Å². The SMILES string of the molecule is c1ccc(COCCOc2ccc(-c3ccc(-c4ccc(OCCOCc5ccccc5)cc4)nc3)cc2)cc1. The number of nitrogens with zero attached hydrogens (tertiary/aromatic N) is 1. The number of rotatable bonds is 14. The Kier molecular flexibility index (Phi) is 9.93. The van der Waals surface area contributed by atoms with Crippen LogP contribution in [0.2, 0.25) is 0 Å². The molecule has 5 nitrogen and oxygen atoms in total. The largest absolute Gasteiger partial charge is 0.491 e. The van der Waals surface area contributed by atoms with Gasteiger partial charge < -0.3 is 18.9 Å². The van der Waals surface area contributed by atoms with Crippen molar-refractivity contribution >= 4 is 0 Å². The Labute approximate surface area is 236 Å². The topological polar surface area (TPSA) is 49.8 Å². The second-order valence-electron chi connectivity index (χ2n) is 9.25. The molecule has 0 aliphatic rings. The molecule has 0 fully saturated rings. The predicted octanol–water partition coefficient (Wildman–Crippen LogP) is 7.61. The van der Waals surface area contributed by atoms with Crippen molar-refractivity contribution in [1.29, 1.82) is 0 Å². The summed E-state index contributed by atoms with van der Waals surface area (Å²) < 4.78 is 23.0. The van der Waals surface area contributed by atoms with Crippen LogP contribution in [0.5, 0.6) is 11.5 Å². The zero-order valence-corrected chi connectivity index (χ0v) is 22.4. The van der Waals surface area contributed by atoms with Crippen LogP contribution in [-0.4, -0.2) is 31.4 Å². The van der Waals surface area contributed by atoms with Gasteiger partial charge in [-0.05, 0) is 59.2 Å². The van der Waals surface area contributed by atoms with Gasteiger partial charge in [0, 0.05) is 17.3 Å². The molecular formula is C35H33NO4. The van der Waals surface area contributed by atoms with Crippen molar-refractivity contribution < 1.29 is 18.9 Å². The van der Waals surface area contributed by atoms with Crippen LogP contribution in [0.15, 0.2) is 128 Å². The number of aromatic nitrogens is 1. The molecule has 0 spiro atoms. The van der Waals surface area contributed by atoms with Crippen molar-refractivity contribution in [3.05, 3.63) is 139 Å². The first-order valence-electron chi connectivity index (χ1n) is 13.5. The molecule has 0 saturated heterocycles. The highest BCUT2D eigenvalue weighted by Crippen LogP contribution is 2.25. The van der Waals surface area contributed by atoms with Gasteiger partial charge in [0.1, 0.15) is 24.7 Å². The van der Waals surface area contributed by atoms with E-state index in [4.69, 9.17) is 18.9 Å². The highest BCUT2D eigenvalue weighted by molar-refractivity contribution is 5.67. The summed E-state index contributed by atoms with van der Waals surface area (Å²) in [5.41, 5.74) is 6.41. The molecule has 202 valence electrons. The van der Waals surface area contributed by atoms with Crippen LogP contribution in [0.3, 0.4) is 0 Å². The second-order valence-corrected chi connectivity index (χ2v) is 9.25. The van der Waals surface area contributed by atoms with Gasteiger partial charge in [0.05, 0.1) is 32.1 Å². The Bertz CT molecular complexity index is 1290. The molecule has 1 heterocycles. The molecule has 0 aliphatic heterocycles. The van der Waals surface area contributed by atoms with Crippen LogP contribution in [0.1, 0.15) is 11.1 Å². The minimum atomic E-state index is 0.505. The molecule has 5 aromatic rings. The van der Waals surface area contributed by atoms with E-state index in [1.54, 1.807) is 0 Å². The highest BCUT2D eigenvalue weighted by atomic mass is 16.5. The Morgan fingerprint density at radius 3 is 1.38 bits per heavy atom. The minimum absolute atomic E-state index is 0.505. The first-order valence-corrected chi connectivity index (χ1v) is 13.5. The molecule has 0 saturated carbocycles. The van der Waals surface area contributed by atoms with Gasteiger partial charge in [0.2, 0.25) is 0 Å². The lowest BCUT2D eigenvalue weighted by Crippen LogP contribution is -2.06. The van der Waals surface area contributed by atoms with Gasteiger partial charge in [-0.2, -0.15) is 0 Å². The lowest BCUT2D eigenvalue weighted by molar-refractivity contribution is 0.0889. The van der Waals surface area contributed by atoms with Gasteiger partial charge in [-0.3, -0.25) is 4.98 Å². The third-order valence-electron chi connectivity index (χ3n) is 6.32. The van der Waals surface area contributed by atoms with E-state index in [0.29, 0.717) is 39.6 Å². The minimum Gasteiger partial charge on any atom is -0.491 e. The fourth-order valence-corrected chi connectivity index (χ4v) is 4.17. The molecule has 0 atom stereocenters. The third-order valence-corrected chi connectivity index (χ3v) is 6.32. The van der Waals surface area contributed by atoms with E-state index < -0.39 is 0 Å². The smallest absolute Gasteiger partial charge is 0.119 e. The summed E-state index contributed by atoms with van der Waals surface area (Å²) in [7, 11) is 0. The van der Waals surface area contributed by atoms with Gasteiger partial charge in [-0.15, -0.1) is 0 Å². The average Bonchev–Trinajstić information content (AvgIpc) is 3.02. The van der Waals surface area contributed by atoms with Gasteiger partial charge in [0.25, 0.3) is 0 Å². The quantitative estimate of drug-likeness (QED) is 0.138. The van der Waals surface area contributed by atoms with Crippen molar-refractivity contribution in [3.63, 3.8) is 0 Å². The number of hydrogen-bond donors (Lipinski definition) is 0. The predicted molar refractivity (Wildman–Crippen MR) is 158 cm³/mol. The summed E-state index contributed by atoms with van der Waals surface area (Å²) in [5, 5.41) is 0. The lowest BCUT2D eigenvalue weighted by Gasteiger charge is -2.09. The number of ether oxygens (including phenoxy) is 4.